The van der Waals surface area contributed by atoms with Crippen molar-refractivity contribution in [3.63, 3.8) is 0 Å². The number of carbonyl (C=O) groups excluding carboxylic acids is 1. The molecule has 4 rings (SSSR count). The first-order chi connectivity index (χ1) is 16.3. The standard InChI is InChI=1S/C23H23N7O3S/c1-16-20(17(2)30-23(27-16)19(14-25)15-26-30)7-8-22(31)28-9-11-29(12-10-28)34(32,33)21-6-4-3-5-18(21)13-24/h3-6,15H,7-12H2,1-2H3. The highest BCUT2D eigenvalue weighted by Gasteiger charge is 2.31. The van der Waals surface area contributed by atoms with E-state index in [1.807, 2.05) is 19.9 Å². The van der Waals surface area contributed by atoms with Gasteiger partial charge >= 0.3 is 0 Å². The van der Waals surface area contributed by atoms with Gasteiger partial charge in [-0.15, -0.1) is 0 Å². The Labute approximate surface area is 197 Å². The Morgan fingerprint density at radius 3 is 2.41 bits per heavy atom. The molecule has 0 atom stereocenters. The van der Waals surface area contributed by atoms with Crippen LogP contribution in [0.3, 0.4) is 0 Å². The predicted molar refractivity (Wildman–Crippen MR) is 122 cm³/mol. The van der Waals surface area contributed by atoms with Crippen molar-refractivity contribution in [1.82, 2.24) is 23.8 Å². The van der Waals surface area contributed by atoms with E-state index < -0.39 is 10.0 Å². The molecule has 0 aliphatic carbocycles. The number of hydrogen-bond donors (Lipinski definition) is 0. The highest BCUT2D eigenvalue weighted by Crippen LogP contribution is 2.22. The minimum absolute atomic E-state index is 0.00991. The molecule has 10 nitrogen and oxygen atoms in total. The highest BCUT2D eigenvalue weighted by molar-refractivity contribution is 7.89. The number of hydrogen-bond acceptors (Lipinski definition) is 7. The topological polar surface area (TPSA) is 135 Å². The maximum Gasteiger partial charge on any atom is 0.244 e. The lowest BCUT2D eigenvalue weighted by molar-refractivity contribution is -0.132. The van der Waals surface area contributed by atoms with Gasteiger partial charge in [-0.05, 0) is 38.0 Å². The second-order valence-electron chi connectivity index (χ2n) is 8.06. The van der Waals surface area contributed by atoms with Crippen LogP contribution in [0.4, 0.5) is 0 Å². The third-order valence-corrected chi connectivity index (χ3v) is 8.09. The highest BCUT2D eigenvalue weighted by atomic mass is 32.2. The zero-order valence-electron chi connectivity index (χ0n) is 18.9. The van der Waals surface area contributed by atoms with Crippen LogP contribution < -0.4 is 0 Å². The smallest absolute Gasteiger partial charge is 0.244 e. The van der Waals surface area contributed by atoms with E-state index in [-0.39, 0.29) is 49.0 Å². The zero-order valence-corrected chi connectivity index (χ0v) is 19.7. The second kappa shape index (κ2) is 9.21. The summed E-state index contributed by atoms with van der Waals surface area (Å²) in [4.78, 5) is 19.0. The SMILES string of the molecule is Cc1nc2c(C#N)cnn2c(C)c1CCC(=O)N1CCN(S(=O)(=O)c2ccccc2C#N)CC1. The van der Waals surface area contributed by atoms with E-state index in [4.69, 9.17) is 0 Å². The number of fused-ring (bicyclic) bond motifs is 1. The molecule has 1 fully saturated rings. The van der Waals surface area contributed by atoms with E-state index in [2.05, 4.69) is 16.2 Å². The first-order valence-electron chi connectivity index (χ1n) is 10.8. The fourth-order valence-electron chi connectivity index (χ4n) is 4.24. The second-order valence-corrected chi connectivity index (χ2v) is 9.97. The van der Waals surface area contributed by atoms with Gasteiger partial charge < -0.3 is 4.90 Å². The summed E-state index contributed by atoms with van der Waals surface area (Å²) in [6, 6.07) is 10.1. The van der Waals surface area contributed by atoms with Gasteiger partial charge in [0.25, 0.3) is 0 Å². The first kappa shape index (κ1) is 23.4. The molecule has 0 unspecified atom stereocenters. The van der Waals surface area contributed by atoms with E-state index >= 15 is 0 Å². The monoisotopic (exact) mass is 477 g/mol. The molecule has 0 spiro atoms. The predicted octanol–water partition coefficient (Wildman–Crippen LogP) is 1.56. The van der Waals surface area contributed by atoms with Gasteiger partial charge in [0, 0.05) is 44.0 Å². The Balaban J connectivity index is 1.41. The number of aromatic nitrogens is 3. The summed E-state index contributed by atoms with van der Waals surface area (Å²) < 4.78 is 28.9. The van der Waals surface area contributed by atoms with Crippen LogP contribution in [-0.4, -0.2) is 64.3 Å². The Kier molecular flexibility index (Phi) is 6.33. The molecule has 1 saturated heterocycles. The molecule has 1 aliphatic rings. The van der Waals surface area contributed by atoms with Crippen molar-refractivity contribution in [3.8, 4) is 12.1 Å². The van der Waals surface area contributed by atoms with E-state index in [0.29, 0.717) is 17.6 Å². The molecular formula is C23H23N7O3S. The van der Waals surface area contributed by atoms with Crippen LogP contribution in [0, 0.1) is 36.5 Å². The quantitative estimate of drug-likeness (QED) is 0.544. The van der Waals surface area contributed by atoms with Gasteiger partial charge in [0.1, 0.15) is 17.7 Å². The van der Waals surface area contributed by atoms with E-state index in [0.717, 1.165) is 17.0 Å². The summed E-state index contributed by atoms with van der Waals surface area (Å²) in [5.74, 6) is -0.0634. The molecule has 34 heavy (non-hydrogen) atoms. The van der Waals surface area contributed by atoms with E-state index in [1.165, 1.54) is 22.6 Å². The number of amides is 1. The number of piperazine rings is 1. The van der Waals surface area contributed by atoms with Crippen molar-refractivity contribution in [2.24, 2.45) is 0 Å². The van der Waals surface area contributed by atoms with Crippen molar-refractivity contribution >= 4 is 21.6 Å². The maximum atomic E-state index is 13.0. The summed E-state index contributed by atoms with van der Waals surface area (Å²) in [6.07, 6.45) is 2.20. The number of rotatable bonds is 5. The summed E-state index contributed by atoms with van der Waals surface area (Å²) in [6.45, 7) is 4.65. The van der Waals surface area contributed by atoms with Gasteiger partial charge in [-0.25, -0.2) is 17.9 Å². The molecule has 1 aromatic carbocycles. The molecule has 3 heterocycles. The van der Waals surface area contributed by atoms with Crippen LogP contribution in [0.25, 0.3) is 5.65 Å². The number of carbonyl (C=O) groups is 1. The Morgan fingerprint density at radius 2 is 1.74 bits per heavy atom. The van der Waals surface area contributed by atoms with Crippen molar-refractivity contribution in [2.75, 3.05) is 26.2 Å². The van der Waals surface area contributed by atoms with Crippen molar-refractivity contribution in [1.29, 1.82) is 10.5 Å². The average Bonchev–Trinajstić information content (AvgIpc) is 3.26. The van der Waals surface area contributed by atoms with Crippen molar-refractivity contribution in [3.05, 3.63) is 58.5 Å². The van der Waals surface area contributed by atoms with Gasteiger partial charge in [0.15, 0.2) is 5.65 Å². The van der Waals surface area contributed by atoms with Gasteiger partial charge in [0.05, 0.1) is 16.7 Å². The number of benzene rings is 1. The molecule has 11 heteroatoms. The van der Waals surface area contributed by atoms with Crippen LogP contribution in [0.5, 0.6) is 0 Å². The molecule has 0 N–H and O–H groups in total. The Hall–Kier alpha value is -3.80. The van der Waals surface area contributed by atoms with Gasteiger partial charge in [-0.3, -0.25) is 4.79 Å². The molecule has 1 aliphatic heterocycles. The number of sulfonamides is 1. The van der Waals surface area contributed by atoms with Crippen molar-refractivity contribution in [2.45, 2.75) is 31.6 Å². The molecule has 0 radical (unpaired) electrons. The lowest BCUT2D eigenvalue weighted by atomic mass is 10.1. The van der Waals surface area contributed by atoms with E-state index in [1.54, 1.807) is 21.5 Å². The van der Waals surface area contributed by atoms with Gasteiger partial charge in [0.2, 0.25) is 15.9 Å². The molecular weight excluding hydrogens is 454 g/mol. The fourth-order valence-corrected chi connectivity index (χ4v) is 5.81. The van der Waals surface area contributed by atoms with Gasteiger partial charge in [-0.2, -0.15) is 19.9 Å². The summed E-state index contributed by atoms with van der Waals surface area (Å²) in [5, 5.41) is 22.7. The molecule has 3 aromatic rings. The van der Waals surface area contributed by atoms with Crippen LogP contribution in [-0.2, 0) is 21.2 Å². The average molecular weight is 478 g/mol. The number of nitrogens with zero attached hydrogens (tertiary/aromatic N) is 7. The zero-order chi connectivity index (χ0) is 24.5. The lowest BCUT2D eigenvalue weighted by Crippen LogP contribution is -2.50. The van der Waals surface area contributed by atoms with Crippen LogP contribution in [0.15, 0.2) is 35.4 Å². The first-order valence-corrected chi connectivity index (χ1v) is 12.2. The van der Waals surface area contributed by atoms with Crippen LogP contribution in [0.1, 0.15) is 34.5 Å². The Bertz CT molecular complexity index is 1460. The molecule has 0 saturated carbocycles. The van der Waals surface area contributed by atoms with Crippen molar-refractivity contribution < 1.29 is 13.2 Å². The third-order valence-electron chi connectivity index (χ3n) is 6.13. The largest absolute Gasteiger partial charge is 0.340 e. The molecule has 174 valence electrons. The van der Waals surface area contributed by atoms with Crippen LogP contribution in [0.2, 0.25) is 0 Å². The van der Waals surface area contributed by atoms with Crippen LogP contribution >= 0.6 is 0 Å². The maximum absolute atomic E-state index is 13.0. The lowest BCUT2D eigenvalue weighted by Gasteiger charge is -2.34. The Morgan fingerprint density at radius 1 is 1.06 bits per heavy atom. The molecule has 1 amide bonds. The fraction of sp³-hybridized carbons (Fsp3) is 0.348. The minimum atomic E-state index is -3.81. The van der Waals surface area contributed by atoms with E-state index in [9.17, 15) is 23.7 Å². The number of aryl methyl sites for hydroxylation is 2. The summed E-state index contributed by atoms with van der Waals surface area (Å²) >= 11 is 0. The van der Waals surface area contributed by atoms with Gasteiger partial charge in [-0.1, -0.05) is 12.1 Å². The normalized spacial score (nSPS) is 14.6. The molecule has 0 bridgehead atoms. The summed E-state index contributed by atoms with van der Waals surface area (Å²) in [5.41, 5.74) is 3.51. The third kappa shape index (κ3) is 4.12. The number of nitriles is 2. The molecule has 2 aromatic heterocycles. The minimum Gasteiger partial charge on any atom is -0.340 e. The summed E-state index contributed by atoms with van der Waals surface area (Å²) in [7, 11) is -3.81.